The minimum atomic E-state index is -0.170. The van der Waals surface area contributed by atoms with Gasteiger partial charge in [-0.05, 0) is 73.2 Å². The maximum absolute atomic E-state index is 11.8. The number of rotatable bonds is 0. The van der Waals surface area contributed by atoms with Crippen LogP contribution in [0.3, 0.4) is 0 Å². The molecule has 4 rings (SSSR count). The third kappa shape index (κ3) is 1.84. The molecular formula is C19H28O2. The quantitative estimate of drug-likeness (QED) is 0.734. The van der Waals surface area contributed by atoms with Crippen LogP contribution in [-0.4, -0.2) is 17.0 Å². The Labute approximate surface area is 128 Å². The van der Waals surface area contributed by atoms with Gasteiger partial charge in [0, 0.05) is 6.42 Å². The average Bonchev–Trinajstić information content (AvgIpc) is 2.80. The smallest absolute Gasteiger partial charge is 0.155 e. The molecule has 0 radical (unpaired) electrons. The topological polar surface area (TPSA) is 37.3 Å². The summed E-state index contributed by atoms with van der Waals surface area (Å²) in [5, 5.41) is 11.0. The second-order valence-corrected chi connectivity index (χ2v) is 8.71. The van der Waals surface area contributed by atoms with Gasteiger partial charge in [0.25, 0.3) is 0 Å². The molecule has 0 bridgehead atoms. The van der Waals surface area contributed by atoms with E-state index in [9.17, 15) is 9.90 Å². The van der Waals surface area contributed by atoms with E-state index in [4.69, 9.17) is 0 Å². The SMILES string of the molecule is C[C@]12CCC[C@@H]1[C@@H]1CCC3=CC(=O)CC[C@@]3(C)[C@@H]1[C@H](O)C2. The lowest BCUT2D eigenvalue weighted by molar-refractivity contribution is -0.127. The predicted molar refractivity (Wildman–Crippen MR) is 82.7 cm³/mol. The van der Waals surface area contributed by atoms with Crippen LogP contribution >= 0.6 is 0 Å². The molecule has 0 aliphatic heterocycles. The van der Waals surface area contributed by atoms with Gasteiger partial charge in [-0.15, -0.1) is 0 Å². The van der Waals surface area contributed by atoms with E-state index in [1.54, 1.807) is 0 Å². The summed E-state index contributed by atoms with van der Waals surface area (Å²) in [5.41, 5.74) is 1.81. The Balaban J connectivity index is 1.74. The van der Waals surface area contributed by atoms with Crippen molar-refractivity contribution >= 4 is 5.78 Å². The number of carbonyl (C=O) groups is 1. The second-order valence-electron chi connectivity index (χ2n) is 8.71. The minimum absolute atomic E-state index is 0.0835. The van der Waals surface area contributed by atoms with Crippen molar-refractivity contribution in [2.75, 3.05) is 0 Å². The van der Waals surface area contributed by atoms with Crippen molar-refractivity contribution in [3.63, 3.8) is 0 Å². The van der Waals surface area contributed by atoms with Crippen LogP contribution in [0.25, 0.3) is 0 Å². The fraction of sp³-hybridized carbons (Fsp3) is 0.842. The molecule has 3 fully saturated rings. The molecule has 21 heavy (non-hydrogen) atoms. The minimum Gasteiger partial charge on any atom is -0.393 e. The Hall–Kier alpha value is -0.630. The number of hydrogen-bond acceptors (Lipinski definition) is 2. The van der Waals surface area contributed by atoms with Gasteiger partial charge < -0.3 is 5.11 Å². The van der Waals surface area contributed by atoms with Crippen LogP contribution < -0.4 is 0 Å². The van der Waals surface area contributed by atoms with Gasteiger partial charge in [0.05, 0.1) is 6.10 Å². The van der Waals surface area contributed by atoms with Crippen LogP contribution in [0.4, 0.5) is 0 Å². The van der Waals surface area contributed by atoms with Gasteiger partial charge in [-0.25, -0.2) is 0 Å². The highest BCUT2D eigenvalue weighted by Crippen LogP contribution is 2.65. The van der Waals surface area contributed by atoms with Crippen LogP contribution in [0.2, 0.25) is 0 Å². The zero-order chi connectivity index (χ0) is 14.8. The summed E-state index contributed by atoms with van der Waals surface area (Å²) in [4.78, 5) is 11.8. The molecule has 0 unspecified atom stereocenters. The van der Waals surface area contributed by atoms with Crippen molar-refractivity contribution in [1.82, 2.24) is 0 Å². The highest BCUT2D eigenvalue weighted by molar-refractivity contribution is 5.91. The molecule has 3 saturated carbocycles. The number of hydrogen-bond donors (Lipinski definition) is 1. The van der Waals surface area contributed by atoms with Crippen LogP contribution in [0.15, 0.2) is 11.6 Å². The number of aliphatic hydroxyl groups is 1. The fourth-order valence-electron chi connectivity index (χ4n) is 6.70. The van der Waals surface area contributed by atoms with Gasteiger partial charge in [-0.3, -0.25) is 4.79 Å². The Kier molecular flexibility index (Phi) is 2.96. The Morgan fingerprint density at radius 2 is 2.00 bits per heavy atom. The van der Waals surface area contributed by atoms with Crippen molar-refractivity contribution in [2.24, 2.45) is 28.6 Å². The third-order valence-corrected chi connectivity index (χ3v) is 7.67. The molecule has 0 amide bonds. The Morgan fingerprint density at radius 1 is 1.19 bits per heavy atom. The van der Waals surface area contributed by atoms with Crippen LogP contribution in [0, 0.1) is 28.6 Å². The van der Waals surface area contributed by atoms with E-state index in [0.29, 0.717) is 29.5 Å². The van der Waals surface area contributed by atoms with Gasteiger partial charge in [-0.1, -0.05) is 25.8 Å². The largest absolute Gasteiger partial charge is 0.393 e. The molecule has 6 atom stereocenters. The van der Waals surface area contributed by atoms with Gasteiger partial charge in [0.15, 0.2) is 5.78 Å². The van der Waals surface area contributed by atoms with E-state index in [-0.39, 0.29) is 11.5 Å². The molecule has 116 valence electrons. The van der Waals surface area contributed by atoms with E-state index in [1.807, 2.05) is 6.08 Å². The normalized spacial score (nSPS) is 52.7. The predicted octanol–water partition coefficient (Wildman–Crippen LogP) is 3.88. The summed E-state index contributed by atoms with van der Waals surface area (Å²) in [6.07, 6.45) is 10.7. The zero-order valence-corrected chi connectivity index (χ0v) is 13.4. The molecule has 4 aliphatic carbocycles. The van der Waals surface area contributed by atoms with Crippen molar-refractivity contribution in [3.8, 4) is 0 Å². The summed E-state index contributed by atoms with van der Waals surface area (Å²) in [7, 11) is 0. The maximum atomic E-state index is 11.8. The molecular weight excluding hydrogens is 260 g/mol. The first-order valence-corrected chi connectivity index (χ1v) is 8.86. The molecule has 1 N–H and O–H groups in total. The molecule has 0 aromatic heterocycles. The highest BCUT2D eigenvalue weighted by Gasteiger charge is 2.59. The van der Waals surface area contributed by atoms with Gasteiger partial charge >= 0.3 is 0 Å². The molecule has 0 spiro atoms. The van der Waals surface area contributed by atoms with E-state index < -0.39 is 0 Å². The second kappa shape index (κ2) is 4.44. The van der Waals surface area contributed by atoms with Gasteiger partial charge in [-0.2, -0.15) is 0 Å². The standard InChI is InChI=1S/C19H28O2/c1-18-8-3-4-15(18)14-6-5-12-10-13(20)7-9-19(12,2)17(14)16(21)11-18/h10,14-17,21H,3-9,11H2,1-2H3/t14-,15+,16+,17-,18+,19+/m0/s1. The number of aliphatic hydroxyl groups excluding tert-OH is 1. The van der Waals surface area contributed by atoms with Crippen molar-refractivity contribution in [1.29, 1.82) is 0 Å². The first-order chi connectivity index (χ1) is 9.94. The first kappa shape index (κ1) is 14.0. The molecule has 0 saturated heterocycles. The number of ketones is 1. The average molecular weight is 288 g/mol. The van der Waals surface area contributed by atoms with E-state index in [2.05, 4.69) is 13.8 Å². The molecule has 2 heteroatoms. The first-order valence-electron chi connectivity index (χ1n) is 8.86. The molecule has 4 aliphatic rings. The molecule has 0 aromatic carbocycles. The lowest BCUT2D eigenvalue weighted by Crippen LogP contribution is -2.55. The number of fused-ring (bicyclic) bond motifs is 5. The highest BCUT2D eigenvalue weighted by atomic mass is 16.3. The monoisotopic (exact) mass is 288 g/mol. The maximum Gasteiger partial charge on any atom is 0.155 e. The molecule has 2 nitrogen and oxygen atoms in total. The number of carbonyl (C=O) groups excluding carboxylic acids is 1. The van der Waals surface area contributed by atoms with Gasteiger partial charge in [0.2, 0.25) is 0 Å². The zero-order valence-electron chi connectivity index (χ0n) is 13.4. The molecule has 0 heterocycles. The van der Waals surface area contributed by atoms with Crippen molar-refractivity contribution < 1.29 is 9.90 Å². The third-order valence-electron chi connectivity index (χ3n) is 7.67. The molecule has 0 aromatic rings. The number of allylic oxidation sites excluding steroid dienone is 1. The summed E-state index contributed by atoms with van der Waals surface area (Å²) in [5.74, 6) is 2.18. The Morgan fingerprint density at radius 3 is 2.81 bits per heavy atom. The lowest BCUT2D eigenvalue weighted by Gasteiger charge is -2.59. The van der Waals surface area contributed by atoms with Crippen molar-refractivity contribution in [3.05, 3.63) is 11.6 Å². The van der Waals surface area contributed by atoms with Gasteiger partial charge in [0.1, 0.15) is 0 Å². The van der Waals surface area contributed by atoms with Crippen molar-refractivity contribution in [2.45, 2.75) is 71.3 Å². The summed E-state index contributed by atoms with van der Waals surface area (Å²) >= 11 is 0. The summed E-state index contributed by atoms with van der Waals surface area (Å²) in [6.45, 7) is 4.76. The Bertz CT molecular complexity index is 508. The summed E-state index contributed by atoms with van der Waals surface area (Å²) < 4.78 is 0. The van der Waals surface area contributed by atoms with Crippen LogP contribution in [-0.2, 0) is 4.79 Å². The van der Waals surface area contributed by atoms with E-state index in [0.717, 1.165) is 25.2 Å². The fourth-order valence-corrected chi connectivity index (χ4v) is 6.70. The lowest BCUT2D eigenvalue weighted by atomic mass is 9.46. The van der Waals surface area contributed by atoms with Crippen LogP contribution in [0.1, 0.15) is 65.2 Å². The van der Waals surface area contributed by atoms with E-state index in [1.165, 1.54) is 31.3 Å². The van der Waals surface area contributed by atoms with Crippen LogP contribution in [0.5, 0.6) is 0 Å². The summed E-state index contributed by atoms with van der Waals surface area (Å²) in [6, 6.07) is 0. The van der Waals surface area contributed by atoms with E-state index >= 15 is 0 Å².